The second-order valence-electron chi connectivity index (χ2n) is 4.75. The minimum atomic E-state index is 0.0679. The van der Waals surface area contributed by atoms with Crippen molar-refractivity contribution in [2.45, 2.75) is 31.7 Å². The average Bonchev–Trinajstić information content (AvgIpc) is 2.39. The monoisotopic (exact) mass is 363 g/mol. The number of halogens is 3. The Bertz CT molecular complexity index is 465. The van der Waals surface area contributed by atoms with Crippen LogP contribution in [-0.4, -0.2) is 29.3 Å². The highest BCUT2D eigenvalue weighted by Crippen LogP contribution is 2.27. The van der Waals surface area contributed by atoms with E-state index in [0.717, 1.165) is 30.3 Å². The van der Waals surface area contributed by atoms with Crippen molar-refractivity contribution in [1.29, 1.82) is 0 Å². The summed E-state index contributed by atoms with van der Waals surface area (Å²) in [5, 5.41) is 0.624. The molecule has 1 unspecified atom stereocenters. The largest absolute Gasteiger partial charge is 0.336 e. The van der Waals surface area contributed by atoms with Crippen LogP contribution in [0, 0.1) is 0 Å². The van der Waals surface area contributed by atoms with E-state index in [1.54, 1.807) is 18.2 Å². The van der Waals surface area contributed by atoms with Crippen LogP contribution in [0.4, 0.5) is 0 Å². The molecular formula is C14H16BrCl2NO. The van der Waals surface area contributed by atoms with E-state index >= 15 is 0 Å². The lowest BCUT2D eigenvalue weighted by molar-refractivity contribution is 0.0608. The molecule has 0 saturated carbocycles. The van der Waals surface area contributed by atoms with E-state index in [9.17, 15) is 4.79 Å². The fraction of sp³-hybridized carbons (Fsp3) is 0.500. The lowest BCUT2D eigenvalue weighted by Gasteiger charge is -2.35. The number of hydrogen-bond donors (Lipinski definition) is 0. The molecule has 1 aliphatic heterocycles. The predicted octanol–water partition coefficient (Wildman–Crippen LogP) is 4.73. The lowest BCUT2D eigenvalue weighted by atomic mass is 9.99. The Balaban J connectivity index is 2.21. The van der Waals surface area contributed by atoms with Crippen molar-refractivity contribution in [3.05, 3.63) is 33.3 Å². The third kappa shape index (κ3) is 3.65. The van der Waals surface area contributed by atoms with Crippen LogP contribution in [0.5, 0.6) is 0 Å². The first-order valence-electron chi connectivity index (χ1n) is 6.45. The summed E-state index contributed by atoms with van der Waals surface area (Å²) in [7, 11) is 0. The van der Waals surface area contributed by atoms with Gasteiger partial charge in [-0.05, 0) is 59.8 Å². The van der Waals surface area contributed by atoms with Crippen LogP contribution in [0.3, 0.4) is 0 Å². The molecule has 1 atom stereocenters. The van der Waals surface area contributed by atoms with Crippen LogP contribution in [0.15, 0.2) is 22.7 Å². The number of piperidine rings is 1. The van der Waals surface area contributed by atoms with Crippen molar-refractivity contribution in [3.63, 3.8) is 0 Å². The zero-order valence-corrected chi connectivity index (χ0v) is 13.6. The third-order valence-corrected chi connectivity index (χ3v) is 4.60. The van der Waals surface area contributed by atoms with Crippen LogP contribution in [-0.2, 0) is 0 Å². The first-order chi connectivity index (χ1) is 9.13. The van der Waals surface area contributed by atoms with Gasteiger partial charge >= 0.3 is 0 Å². The molecule has 0 spiro atoms. The summed E-state index contributed by atoms with van der Waals surface area (Å²) in [6.45, 7) is 0.815. The second kappa shape index (κ2) is 6.96. The molecule has 1 saturated heterocycles. The molecular weight excluding hydrogens is 349 g/mol. The van der Waals surface area contributed by atoms with Gasteiger partial charge in [0.15, 0.2) is 0 Å². The van der Waals surface area contributed by atoms with Gasteiger partial charge in [-0.1, -0.05) is 11.6 Å². The predicted molar refractivity (Wildman–Crippen MR) is 83.2 cm³/mol. The molecule has 2 nitrogen and oxygen atoms in total. The minimum absolute atomic E-state index is 0.0679. The van der Waals surface area contributed by atoms with Crippen molar-refractivity contribution in [3.8, 4) is 0 Å². The van der Waals surface area contributed by atoms with Crippen molar-refractivity contribution in [1.82, 2.24) is 4.90 Å². The first kappa shape index (κ1) is 15.1. The number of rotatable bonds is 3. The quantitative estimate of drug-likeness (QED) is 0.710. The summed E-state index contributed by atoms with van der Waals surface area (Å²) in [4.78, 5) is 14.6. The topological polar surface area (TPSA) is 20.3 Å². The number of likely N-dealkylation sites (tertiary alicyclic amines) is 1. The second-order valence-corrected chi connectivity index (χ2v) is 6.42. The smallest absolute Gasteiger partial charge is 0.255 e. The van der Waals surface area contributed by atoms with E-state index < -0.39 is 0 Å². The molecule has 1 aromatic rings. The number of nitrogens with zero attached hydrogens (tertiary/aromatic N) is 1. The molecule has 1 fully saturated rings. The fourth-order valence-corrected chi connectivity index (χ4v) is 3.62. The van der Waals surface area contributed by atoms with Gasteiger partial charge < -0.3 is 4.90 Å². The maximum Gasteiger partial charge on any atom is 0.255 e. The molecule has 0 aromatic heterocycles. The lowest BCUT2D eigenvalue weighted by Crippen LogP contribution is -2.44. The van der Waals surface area contributed by atoms with Crippen LogP contribution < -0.4 is 0 Å². The Kier molecular flexibility index (Phi) is 5.55. The van der Waals surface area contributed by atoms with Crippen LogP contribution in [0.1, 0.15) is 36.0 Å². The molecule has 0 N–H and O–H groups in total. The standard InChI is InChI=1S/C14H16BrCl2NO/c15-13-9-10(17)4-5-12(13)14(19)18-8-2-1-3-11(18)6-7-16/h4-5,9,11H,1-3,6-8H2. The summed E-state index contributed by atoms with van der Waals surface area (Å²) in [6, 6.07) is 5.55. The maximum atomic E-state index is 12.6. The summed E-state index contributed by atoms with van der Waals surface area (Å²) in [5.41, 5.74) is 0.672. The molecule has 19 heavy (non-hydrogen) atoms. The SMILES string of the molecule is O=C(c1ccc(Cl)cc1Br)N1CCCCC1CCCl. The molecule has 0 radical (unpaired) electrons. The number of alkyl halides is 1. The van der Waals surface area contributed by atoms with Crippen molar-refractivity contribution in [2.75, 3.05) is 12.4 Å². The van der Waals surface area contributed by atoms with Gasteiger partial charge in [0.1, 0.15) is 0 Å². The average molecular weight is 365 g/mol. The first-order valence-corrected chi connectivity index (χ1v) is 8.16. The minimum Gasteiger partial charge on any atom is -0.336 e. The number of amides is 1. The summed E-state index contributed by atoms with van der Waals surface area (Å²) in [6.07, 6.45) is 4.14. The zero-order chi connectivity index (χ0) is 13.8. The summed E-state index contributed by atoms with van der Waals surface area (Å²) >= 11 is 15.2. The fourth-order valence-electron chi connectivity index (χ4n) is 2.51. The number of carbonyl (C=O) groups is 1. The van der Waals surface area contributed by atoms with Crippen LogP contribution in [0.2, 0.25) is 5.02 Å². The van der Waals surface area contributed by atoms with Gasteiger partial charge in [0.05, 0.1) is 5.56 Å². The highest BCUT2D eigenvalue weighted by Gasteiger charge is 2.27. The van der Waals surface area contributed by atoms with E-state index in [0.29, 0.717) is 16.5 Å². The normalized spacial score (nSPS) is 19.5. The molecule has 104 valence electrons. The Labute approximate surface area is 132 Å². The zero-order valence-electron chi connectivity index (χ0n) is 10.5. The summed E-state index contributed by atoms with van der Waals surface area (Å²) in [5.74, 6) is 0.661. The number of hydrogen-bond acceptors (Lipinski definition) is 1. The maximum absolute atomic E-state index is 12.6. The van der Waals surface area contributed by atoms with E-state index in [2.05, 4.69) is 15.9 Å². The number of benzene rings is 1. The number of carbonyl (C=O) groups excluding carboxylic acids is 1. The Morgan fingerprint density at radius 1 is 1.42 bits per heavy atom. The molecule has 1 heterocycles. The molecule has 5 heteroatoms. The van der Waals surface area contributed by atoms with Gasteiger partial charge in [0.2, 0.25) is 0 Å². The van der Waals surface area contributed by atoms with Crippen LogP contribution >= 0.6 is 39.1 Å². The third-order valence-electron chi connectivity index (χ3n) is 3.49. The molecule has 0 aliphatic carbocycles. The van der Waals surface area contributed by atoms with Crippen molar-refractivity contribution in [2.24, 2.45) is 0 Å². The Morgan fingerprint density at radius 2 is 2.21 bits per heavy atom. The van der Waals surface area contributed by atoms with E-state index in [1.165, 1.54) is 6.42 Å². The molecule has 2 rings (SSSR count). The van der Waals surface area contributed by atoms with E-state index in [-0.39, 0.29) is 11.9 Å². The Morgan fingerprint density at radius 3 is 2.89 bits per heavy atom. The van der Waals surface area contributed by atoms with Gasteiger partial charge in [-0.2, -0.15) is 0 Å². The van der Waals surface area contributed by atoms with E-state index in [1.807, 2.05) is 4.90 Å². The van der Waals surface area contributed by atoms with Crippen molar-refractivity contribution >= 4 is 45.0 Å². The Hall–Kier alpha value is -0.250. The van der Waals surface area contributed by atoms with Gasteiger partial charge in [0, 0.05) is 28.0 Å². The highest BCUT2D eigenvalue weighted by atomic mass is 79.9. The summed E-state index contributed by atoms with van der Waals surface area (Å²) < 4.78 is 0.750. The van der Waals surface area contributed by atoms with Crippen LogP contribution in [0.25, 0.3) is 0 Å². The van der Waals surface area contributed by atoms with Gasteiger partial charge in [-0.15, -0.1) is 11.6 Å². The molecule has 1 aromatic carbocycles. The highest BCUT2D eigenvalue weighted by molar-refractivity contribution is 9.10. The molecule has 1 amide bonds. The molecule has 1 aliphatic rings. The van der Waals surface area contributed by atoms with Gasteiger partial charge in [-0.25, -0.2) is 0 Å². The van der Waals surface area contributed by atoms with E-state index in [4.69, 9.17) is 23.2 Å². The molecule has 0 bridgehead atoms. The van der Waals surface area contributed by atoms with Gasteiger partial charge in [0.25, 0.3) is 5.91 Å². The van der Waals surface area contributed by atoms with Crippen molar-refractivity contribution < 1.29 is 4.79 Å². The van der Waals surface area contributed by atoms with Gasteiger partial charge in [-0.3, -0.25) is 4.79 Å².